The maximum absolute atomic E-state index is 11.8. The monoisotopic (exact) mass is 337 g/mol. The number of phosphoric acid groups is 1. The van der Waals surface area contributed by atoms with Crippen LogP contribution in [0, 0.1) is 11.8 Å². The minimum Gasteiger partial charge on any atom is -0.396 e. The summed E-state index contributed by atoms with van der Waals surface area (Å²) in [4.78, 5) is 20.9. The van der Waals surface area contributed by atoms with Gasteiger partial charge in [0.25, 0.3) is 0 Å². The minimum absolute atomic E-state index is 0.0213. The van der Waals surface area contributed by atoms with Crippen molar-refractivity contribution in [3.05, 3.63) is 0 Å². The number of hydrogen-bond donors (Lipinski definition) is 3. The summed E-state index contributed by atoms with van der Waals surface area (Å²) in [7, 11) is -2.88. The zero-order chi connectivity index (χ0) is 16.4. The first-order valence-electron chi connectivity index (χ1n) is 7.90. The second-order valence-corrected chi connectivity index (χ2v) is 7.32. The highest BCUT2D eigenvalue weighted by Gasteiger charge is 2.22. The number of carbonyl (C=O) groups is 1. The second kappa shape index (κ2) is 10.3. The molecule has 0 aromatic heterocycles. The Labute approximate surface area is 132 Å². The van der Waals surface area contributed by atoms with Gasteiger partial charge in [0.1, 0.15) is 0 Å². The van der Waals surface area contributed by atoms with E-state index in [1.165, 1.54) is 0 Å². The molecule has 8 heteroatoms. The van der Waals surface area contributed by atoms with Crippen molar-refractivity contribution in [2.45, 2.75) is 44.9 Å². The Morgan fingerprint density at radius 3 is 2.64 bits per heavy atom. The van der Waals surface area contributed by atoms with Crippen LogP contribution < -0.4 is 5.32 Å². The molecular weight excluding hydrogens is 309 g/mol. The van der Waals surface area contributed by atoms with Gasteiger partial charge in [-0.1, -0.05) is 19.3 Å². The van der Waals surface area contributed by atoms with E-state index in [1.54, 1.807) is 0 Å². The fourth-order valence-corrected chi connectivity index (χ4v) is 3.09. The SMILES string of the molecule is COP(=O)(O)OCC(CO)CCCCNC(=O)C1CCCC1. The van der Waals surface area contributed by atoms with E-state index in [4.69, 9.17) is 9.42 Å². The van der Waals surface area contributed by atoms with Crippen LogP contribution in [-0.2, 0) is 18.4 Å². The van der Waals surface area contributed by atoms with E-state index in [0.29, 0.717) is 13.0 Å². The third-order valence-electron chi connectivity index (χ3n) is 4.03. The summed E-state index contributed by atoms with van der Waals surface area (Å²) in [5, 5.41) is 12.2. The molecule has 130 valence electrons. The van der Waals surface area contributed by atoms with Crippen molar-refractivity contribution in [2.75, 3.05) is 26.9 Å². The summed E-state index contributed by atoms with van der Waals surface area (Å²) >= 11 is 0. The van der Waals surface area contributed by atoms with Crippen LogP contribution >= 0.6 is 7.82 Å². The Morgan fingerprint density at radius 1 is 1.36 bits per heavy atom. The van der Waals surface area contributed by atoms with Gasteiger partial charge in [0.05, 0.1) is 6.61 Å². The number of hydrogen-bond acceptors (Lipinski definition) is 5. The summed E-state index contributed by atoms with van der Waals surface area (Å²) in [6.07, 6.45) is 6.57. The molecule has 22 heavy (non-hydrogen) atoms. The maximum atomic E-state index is 11.8. The summed E-state index contributed by atoms with van der Waals surface area (Å²) in [5.74, 6) is 0.133. The highest BCUT2D eigenvalue weighted by Crippen LogP contribution is 2.42. The van der Waals surface area contributed by atoms with Crippen molar-refractivity contribution < 1.29 is 28.4 Å². The quantitative estimate of drug-likeness (QED) is 0.392. The fraction of sp³-hybridized carbons (Fsp3) is 0.929. The topological polar surface area (TPSA) is 105 Å². The highest BCUT2D eigenvalue weighted by atomic mass is 31.2. The lowest BCUT2D eigenvalue weighted by molar-refractivity contribution is -0.124. The third-order valence-corrected chi connectivity index (χ3v) is 4.96. The number of aliphatic hydroxyl groups is 1. The molecule has 0 heterocycles. The van der Waals surface area contributed by atoms with Crippen LogP contribution in [0.25, 0.3) is 0 Å². The maximum Gasteiger partial charge on any atom is 0.471 e. The first-order chi connectivity index (χ1) is 10.5. The van der Waals surface area contributed by atoms with Crippen molar-refractivity contribution >= 4 is 13.7 Å². The number of phosphoric ester groups is 1. The molecule has 1 aliphatic carbocycles. The molecule has 1 fully saturated rings. The van der Waals surface area contributed by atoms with Crippen LogP contribution in [0.3, 0.4) is 0 Å². The predicted molar refractivity (Wildman–Crippen MR) is 82.2 cm³/mol. The van der Waals surface area contributed by atoms with E-state index < -0.39 is 7.82 Å². The molecule has 3 N–H and O–H groups in total. The summed E-state index contributed by atoms with van der Waals surface area (Å²) < 4.78 is 20.2. The molecule has 0 saturated heterocycles. The van der Waals surface area contributed by atoms with Crippen LogP contribution in [-0.4, -0.2) is 42.8 Å². The molecule has 0 spiro atoms. The average Bonchev–Trinajstić information content (AvgIpc) is 3.04. The van der Waals surface area contributed by atoms with Gasteiger partial charge in [-0.3, -0.25) is 13.8 Å². The Bertz CT molecular complexity index is 372. The van der Waals surface area contributed by atoms with Crippen molar-refractivity contribution in [3.63, 3.8) is 0 Å². The smallest absolute Gasteiger partial charge is 0.396 e. The highest BCUT2D eigenvalue weighted by molar-refractivity contribution is 7.47. The van der Waals surface area contributed by atoms with Gasteiger partial charge in [-0.15, -0.1) is 0 Å². The van der Waals surface area contributed by atoms with E-state index in [0.717, 1.165) is 45.6 Å². The standard InChI is InChI=1S/C14H28NO6P/c1-20-22(18,19)21-11-12(10-16)6-4-5-9-15-14(17)13-7-2-3-8-13/h12-13,16H,2-11H2,1H3,(H,15,17)(H,18,19). The van der Waals surface area contributed by atoms with Gasteiger partial charge in [-0.05, 0) is 25.7 Å². The molecule has 1 saturated carbocycles. The molecule has 7 nitrogen and oxygen atoms in total. The predicted octanol–water partition coefficient (Wildman–Crippen LogP) is 1.83. The van der Waals surface area contributed by atoms with Gasteiger partial charge >= 0.3 is 7.82 Å². The molecule has 2 unspecified atom stereocenters. The van der Waals surface area contributed by atoms with Crippen molar-refractivity contribution in [1.29, 1.82) is 0 Å². The van der Waals surface area contributed by atoms with Crippen molar-refractivity contribution in [1.82, 2.24) is 5.32 Å². The van der Waals surface area contributed by atoms with Crippen molar-refractivity contribution in [3.8, 4) is 0 Å². The minimum atomic E-state index is -3.98. The van der Waals surface area contributed by atoms with E-state index in [9.17, 15) is 14.5 Å². The lowest BCUT2D eigenvalue weighted by Gasteiger charge is -2.16. The second-order valence-electron chi connectivity index (χ2n) is 5.76. The first-order valence-corrected chi connectivity index (χ1v) is 9.39. The van der Waals surface area contributed by atoms with Crippen LogP contribution in [0.4, 0.5) is 0 Å². The zero-order valence-electron chi connectivity index (χ0n) is 13.2. The van der Waals surface area contributed by atoms with Crippen LogP contribution in [0.2, 0.25) is 0 Å². The van der Waals surface area contributed by atoms with E-state index in [-0.39, 0.29) is 31.0 Å². The Morgan fingerprint density at radius 2 is 2.05 bits per heavy atom. The normalized spacial score (nSPS) is 19.8. The van der Waals surface area contributed by atoms with E-state index in [2.05, 4.69) is 9.84 Å². The number of nitrogens with one attached hydrogen (secondary N) is 1. The van der Waals surface area contributed by atoms with Gasteiger partial charge in [0, 0.05) is 32.1 Å². The molecule has 0 aromatic rings. The van der Waals surface area contributed by atoms with Gasteiger partial charge in [0.15, 0.2) is 0 Å². The molecule has 1 amide bonds. The molecular formula is C14H28NO6P. The fourth-order valence-electron chi connectivity index (χ4n) is 2.58. The molecule has 0 aliphatic heterocycles. The van der Waals surface area contributed by atoms with Gasteiger partial charge in [-0.2, -0.15) is 0 Å². The van der Waals surface area contributed by atoms with Crippen LogP contribution in [0.1, 0.15) is 44.9 Å². The summed E-state index contributed by atoms with van der Waals surface area (Å²) in [6.45, 7) is 0.496. The van der Waals surface area contributed by atoms with Crippen LogP contribution in [0.15, 0.2) is 0 Å². The Kier molecular flexibility index (Phi) is 9.21. The summed E-state index contributed by atoms with van der Waals surface area (Å²) in [5.41, 5.74) is 0. The lowest BCUT2D eigenvalue weighted by Crippen LogP contribution is -2.30. The molecule has 0 aromatic carbocycles. The van der Waals surface area contributed by atoms with E-state index in [1.807, 2.05) is 0 Å². The van der Waals surface area contributed by atoms with Gasteiger partial charge in [-0.25, -0.2) is 4.57 Å². The molecule has 1 aliphatic rings. The lowest BCUT2D eigenvalue weighted by atomic mass is 10.0. The zero-order valence-corrected chi connectivity index (χ0v) is 14.1. The largest absolute Gasteiger partial charge is 0.471 e. The van der Waals surface area contributed by atoms with Crippen molar-refractivity contribution in [2.24, 2.45) is 11.8 Å². The molecule has 0 radical (unpaired) electrons. The number of rotatable bonds is 11. The van der Waals surface area contributed by atoms with E-state index >= 15 is 0 Å². The number of aliphatic hydroxyl groups excluding tert-OH is 1. The Balaban J connectivity index is 2.08. The average molecular weight is 337 g/mol. The summed E-state index contributed by atoms with van der Waals surface area (Å²) in [6, 6.07) is 0. The van der Waals surface area contributed by atoms with Gasteiger partial charge in [0.2, 0.25) is 5.91 Å². The van der Waals surface area contributed by atoms with Gasteiger partial charge < -0.3 is 15.3 Å². The Hall–Kier alpha value is -0.460. The molecule has 1 rings (SSSR count). The molecule has 0 bridgehead atoms. The molecule has 2 atom stereocenters. The van der Waals surface area contributed by atoms with Crippen LogP contribution in [0.5, 0.6) is 0 Å². The number of amides is 1. The third kappa shape index (κ3) is 7.70. The number of unbranched alkanes of at least 4 members (excludes halogenated alkanes) is 1. The first kappa shape index (κ1) is 19.6. The number of carbonyl (C=O) groups excluding carboxylic acids is 1.